The lowest BCUT2D eigenvalue weighted by Gasteiger charge is -2.28. The summed E-state index contributed by atoms with van der Waals surface area (Å²) in [7, 11) is 0. The van der Waals surface area contributed by atoms with Crippen LogP contribution in [0.4, 0.5) is 4.79 Å². The Hall–Kier alpha value is -2.32. The largest absolute Gasteiger partial charge is 0.507 e. The minimum absolute atomic E-state index is 0.178. The number of amides is 2. The summed E-state index contributed by atoms with van der Waals surface area (Å²) in [5.41, 5.74) is 0. The van der Waals surface area contributed by atoms with Gasteiger partial charge in [-0.2, -0.15) is 0 Å². The zero-order valence-corrected chi connectivity index (χ0v) is 15.8. The van der Waals surface area contributed by atoms with E-state index in [9.17, 15) is 24.3 Å². The summed E-state index contributed by atoms with van der Waals surface area (Å²) in [5.74, 6) is -2.08. The second-order valence-corrected chi connectivity index (χ2v) is 7.42. The van der Waals surface area contributed by atoms with Crippen molar-refractivity contribution in [1.82, 2.24) is 9.80 Å². The molecular weight excluding hydrogens is 356 g/mol. The van der Waals surface area contributed by atoms with Crippen molar-refractivity contribution >= 4 is 23.9 Å². The molecule has 2 rings (SSSR count). The highest BCUT2D eigenvalue weighted by Crippen LogP contribution is 2.25. The van der Waals surface area contributed by atoms with Crippen molar-refractivity contribution in [3.63, 3.8) is 0 Å². The zero-order chi connectivity index (χ0) is 20.1. The third-order valence-electron chi connectivity index (χ3n) is 5.41. The average Bonchev–Trinajstić information content (AvgIpc) is 3.26. The minimum atomic E-state index is -1.40. The molecule has 0 spiro atoms. The number of ether oxygens (including phenoxy) is 1. The molecule has 2 fully saturated rings. The molecule has 4 atom stereocenters. The van der Waals surface area contributed by atoms with Gasteiger partial charge in [0.15, 0.2) is 6.23 Å². The maximum Gasteiger partial charge on any atom is 0.507 e. The zero-order valence-electron chi connectivity index (χ0n) is 15.8. The van der Waals surface area contributed by atoms with Gasteiger partial charge in [0, 0.05) is 31.3 Å². The van der Waals surface area contributed by atoms with E-state index in [0.29, 0.717) is 51.6 Å². The van der Waals surface area contributed by atoms with Crippen molar-refractivity contribution in [3.05, 3.63) is 0 Å². The molecule has 152 valence electrons. The predicted molar refractivity (Wildman–Crippen MR) is 93.8 cm³/mol. The van der Waals surface area contributed by atoms with Crippen LogP contribution in [0.3, 0.4) is 0 Å². The molecule has 2 aliphatic heterocycles. The van der Waals surface area contributed by atoms with Gasteiger partial charge < -0.3 is 24.7 Å². The Kier molecular flexibility index (Phi) is 7.04. The van der Waals surface area contributed by atoms with E-state index in [1.807, 2.05) is 0 Å². The molecule has 27 heavy (non-hydrogen) atoms. The highest BCUT2D eigenvalue weighted by molar-refractivity contribution is 5.85. The third-order valence-corrected chi connectivity index (χ3v) is 5.41. The summed E-state index contributed by atoms with van der Waals surface area (Å²) in [6, 6.07) is -0.752. The van der Waals surface area contributed by atoms with E-state index in [0.717, 1.165) is 0 Å². The maximum atomic E-state index is 12.6. The Morgan fingerprint density at radius 1 is 0.926 bits per heavy atom. The summed E-state index contributed by atoms with van der Waals surface area (Å²) >= 11 is 0. The fourth-order valence-corrected chi connectivity index (χ4v) is 3.83. The molecule has 0 aliphatic carbocycles. The highest BCUT2D eigenvalue weighted by atomic mass is 16.7. The second kappa shape index (κ2) is 9.05. The number of hydrogen-bond acceptors (Lipinski definition) is 5. The Morgan fingerprint density at radius 2 is 1.44 bits per heavy atom. The van der Waals surface area contributed by atoms with Gasteiger partial charge >= 0.3 is 12.1 Å². The van der Waals surface area contributed by atoms with Crippen molar-refractivity contribution < 1.29 is 34.1 Å². The number of carbonyl (C=O) groups is 4. The van der Waals surface area contributed by atoms with Crippen LogP contribution >= 0.6 is 0 Å². The van der Waals surface area contributed by atoms with Crippen molar-refractivity contribution in [2.75, 3.05) is 13.1 Å². The summed E-state index contributed by atoms with van der Waals surface area (Å²) < 4.78 is 4.77. The van der Waals surface area contributed by atoms with Gasteiger partial charge in [-0.15, -0.1) is 0 Å². The highest BCUT2D eigenvalue weighted by Gasteiger charge is 2.37. The lowest BCUT2D eigenvalue weighted by molar-refractivity contribution is -0.149. The summed E-state index contributed by atoms with van der Waals surface area (Å²) in [6.07, 6.45) is 1.14. The molecule has 2 amide bonds. The second-order valence-electron chi connectivity index (χ2n) is 7.42. The molecule has 2 saturated heterocycles. The van der Waals surface area contributed by atoms with E-state index in [-0.39, 0.29) is 23.7 Å². The molecule has 2 heterocycles. The first-order chi connectivity index (χ1) is 12.7. The third kappa shape index (κ3) is 5.11. The lowest BCUT2D eigenvalue weighted by atomic mass is 9.96. The molecule has 2 N–H and O–H groups in total. The van der Waals surface area contributed by atoms with Crippen LogP contribution in [0.5, 0.6) is 0 Å². The molecule has 0 aromatic heterocycles. The van der Waals surface area contributed by atoms with Crippen LogP contribution < -0.4 is 0 Å². The molecule has 2 unspecified atom stereocenters. The molecular formula is C18H28N2O7. The Balaban J connectivity index is 1.85. The number of hydrogen-bond donors (Lipinski definition) is 2. The van der Waals surface area contributed by atoms with Crippen molar-refractivity contribution in [2.45, 2.75) is 64.6 Å². The molecule has 0 radical (unpaired) electrons. The van der Waals surface area contributed by atoms with Crippen LogP contribution in [-0.2, 0) is 19.1 Å². The standard InChI is InChI=1S/C18H28N2O7/c1-11(15(21)19-9-3-5-13(19)17(23)24)7-8-12(2)16(22)20-10-4-6-14(20)27-18(25)26/h11-14H,3-10H2,1-2H3,(H,23,24)(H,25,26)/t11?,12?,13-,14-/m1/s1. The maximum absolute atomic E-state index is 12.6. The van der Waals surface area contributed by atoms with E-state index in [4.69, 9.17) is 9.84 Å². The SMILES string of the molecule is CC(CCC(C)C(=O)N1CCC[C@H]1OC(=O)O)C(=O)N1CCC[C@@H]1C(=O)O. The van der Waals surface area contributed by atoms with Gasteiger partial charge in [-0.05, 0) is 32.1 Å². The van der Waals surface area contributed by atoms with Crippen LogP contribution in [0.2, 0.25) is 0 Å². The van der Waals surface area contributed by atoms with Crippen LogP contribution in [0.25, 0.3) is 0 Å². The van der Waals surface area contributed by atoms with E-state index in [2.05, 4.69) is 0 Å². The summed E-state index contributed by atoms with van der Waals surface area (Å²) in [5, 5.41) is 18.0. The van der Waals surface area contributed by atoms with Gasteiger partial charge in [-0.3, -0.25) is 9.59 Å². The predicted octanol–water partition coefficient (Wildman–Crippen LogP) is 1.76. The van der Waals surface area contributed by atoms with Gasteiger partial charge in [-0.25, -0.2) is 9.59 Å². The monoisotopic (exact) mass is 384 g/mol. The molecule has 0 aromatic rings. The van der Waals surface area contributed by atoms with Crippen molar-refractivity contribution in [3.8, 4) is 0 Å². The van der Waals surface area contributed by atoms with Crippen LogP contribution in [0.15, 0.2) is 0 Å². The van der Waals surface area contributed by atoms with Crippen molar-refractivity contribution in [2.24, 2.45) is 11.8 Å². The molecule has 0 aromatic carbocycles. The molecule has 9 nitrogen and oxygen atoms in total. The Bertz CT molecular complexity index is 594. The van der Waals surface area contributed by atoms with E-state index >= 15 is 0 Å². The average molecular weight is 384 g/mol. The van der Waals surface area contributed by atoms with E-state index in [1.54, 1.807) is 13.8 Å². The number of likely N-dealkylation sites (tertiary alicyclic amines) is 2. The molecule has 9 heteroatoms. The fraction of sp³-hybridized carbons (Fsp3) is 0.778. The van der Waals surface area contributed by atoms with Gasteiger partial charge in [0.2, 0.25) is 11.8 Å². The quantitative estimate of drug-likeness (QED) is 0.641. The first-order valence-corrected chi connectivity index (χ1v) is 9.45. The molecule has 0 saturated carbocycles. The summed E-state index contributed by atoms with van der Waals surface area (Å²) in [4.78, 5) is 50.0. The van der Waals surface area contributed by atoms with Gasteiger partial charge in [-0.1, -0.05) is 13.8 Å². The van der Waals surface area contributed by atoms with E-state index in [1.165, 1.54) is 9.80 Å². The van der Waals surface area contributed by atoms with Gasteiger partial charge in [0.25, 0.3) is 0 Å². The van der Waals surface area contributed by atoms with E-state index < -0.39 is 24.4 Å². The molecule has 2 aliphatic rings. The van der Waals surface area contributed by atoms with Gasteiger partial charge in [0.05, 0.1) is 0 Å². The normalized spacial score (nSPS) is 24.5. The Labute approximate surface area is 158 Å². The minimum Gasteiger partial charge on any atom is -0.480 e. The number of aliphatic carboxylic acids is 1. The first kappa shape index (κ1) is 21.0. The fourth-order valence-electron chi connectivity index (χ4n) is 3.83. The Morgan fingerprint density at radius 3 is 2.00 bits per heavy atom. The number of carbonyl (C=O) groups excluding carboxylic acids is 2. The van der Waals surface area contributed by atoms with Crippen molar-refractivity contribution in [1.29, 1.82) is 0 Å². The lowest BCUT2D eigenvalue weighted by Crippen LogP contribution is -2.43. The van der Waals surface area contributed by atoms with Crippen LogP contribution in [0.1, 0.15) is 52.4 Å². The van der Waals surface area contributed by atoms with Gasteiger partial charge in [0.1, 0.15) is 6.04 Å². The molecule has 0 bridgehead atoms. The summed E-state index contributed by atoms with van der Waals surface area (Å²) in [6.45, 7) is 4.43. The van der Waals surface area contributed by atoms with Crippen LogP contribution in [-0.4, -0.2) is 69.3 Å². The number of nitrogens with zero attached hydrogens (tertiary/aromatic N) is 2. The smallest absolute Gasteiger partial charge is 0.480 e. The number of carboxylic acids is 1. The van der Waals surface area contributed by atoms with Crippen LogP contribution in [0, 0.1) is 11.8 Å². The number of carboxylic acid groups (broad SMARTS) is 2. The first-order valence-electron chi connectivity index (χ1n) is 9.45. The topological polar surface area (TPSA) is 124 Å². The number of rotatable bonds is 7.